The minimum Gasteiger partial charge on any atom is -0.347 e. The van der Waals surface area contributed by atoms with E-state index in [1.165, 1.54) is 11.1 Å². The van der Waals surface area contributed by atoms with Gasteiger partial charge in [0, 0.05) is 29.2 Å². The molecular formula is C16H20N2O. The highest BCUT2D eigenvalue weighted by atomic mass is 16.1. The van der Waals surface area contributed by atoms with Crippen LogP contribution in [0.4, 0.5) is 0 Å². The molecule has 1 aromatic heterocycles. The van der Waals surface area contributed by atoms with Crippen LogP contribution >= 0.6 is 0 Å². The molecule has 1 fully saturated rings. The van der Waals surface area contributed by atoms with Gasteiger partial charge in [0.25, 0.3) is 0 Å². The third kappa shape index (κ3) is 2.08. The molecule has 2 heterocycles. The molecule has 3 heteroatoms. The van der Waals surface area contributed by atoms with Gasteiger partial charge in [0.2, 0.25) is 0 Å². The molecule has 0 saturated carbocycles. The smallest absolute Gasteiger partial charge is 0.181 e. The topological polar surface area (TPSA) is 34.0 Å². The first-order chi connectivity index (χ1) is 9.20. The number of carbonyl (C=O) groups excluding carboxylic acids is 1. The van der Waals surface area contributed by atoms with E-state index in [0.717, 1.165) is 36.9 Å². The number of aromatic nitrogens is 1. The summed E-state index contributed by atoms with van der Waals surface area (Å²) in [6, 6.07) is 6.34. The summed E-state index contributed by atoms with van der Waals surface area (Å²) < 4.78 is 2.17. The van der Waals surface area contributed by atoms with Crippen LogP contribution in [0.25, 0.3) is 10.9 Å². The molecule has 1 unspecified atom stereocenters. The largest absolute Gasteiger partial charge is 0.347 e. The Labute approximate surface area is 113 Å². The van der Waals surface area contributed by atoms with Gasteiger partial charge in [-0.25, -0.2) is 0 Å². The van der Waals surface area contributed by atoms with Gasteiger partial charge >= 0.3 is 0 Å². The first-order valence-corrected chi connectivity index (χ1v) is 7.08. The van der Waals surface area contributed by atoms with Crippen molar-refractivity contribution in [3.8, 4) is 0 Å². The summed E-state index contributed by atoms with van der Waals surface area (Å²) in [5.74, 6) is 0.249. The number of hydrogen-bond donors (Lipinski definition) is 1. The third-order valence-electron chi connectivity index (χ3n) is 4.02. The lowest BCUT2D eigenvalue weighted by Gasteiger charge is -2.07. The summed E-state index contributed by atoms with van der Waals surface area (Å²) in [5, 5.41) is 4.39. The molecule has 19 heavy (non-hydrogen) atoms. The number of nitrogens with one attached hydrogen (secondary N) is 1. The molecule has 0 bridgehead atoms. The number of ketones is 1. The summed E-state index contributed by atoms with van der Waals surface area (Å²) in [6.45, 7) is 6.06. The van der Waals surface area contributed by atoms with E-state index in [1.54, 1.807) is 0 Å². The summed E-state index contributed by atoms with van der Waals surface area (Å²) >= 11 is 0. The highest BCUT2D eigenvalue weighted by Gasteiger charge is 2.25. The zero-order valence-electron chi connectivity index (χ0n) is 11.6. The third-order valence-corrected chi connectivity index (χ3v) is 4.02. The van der Waals surface area contributed by atoms with Crippen molar-refractivity contribution in [3.63, 3.8) is 0 Å². The molecule has 1 aromatic carbocycles. The molecule has 0 aliphatic carbocycles. The van der Waals surface area contributed by atoms with E-state index in [2.05, 4.69) is 41.9 Å². The van der Waals surface area contributed by atoms with Crippen molar-refractivity contribution in [2.24, 2.45) is 0 Å². The number of hydrogen-bond acceptors (Lipinski definition) is 2. The second-order valence-electron chi connectivity index (χ2n) is 5.36. The van der Waals surface area contributed by atoms with E-state index < -0.39 is 0 Å². The minimum absolute atomic E-state index is 0.0113. The number of carbonyl (C=O) groups is 1. The maximum Gasteiger partial charge on any atom is 0.181 e. The highest BCUT2D eigenvalue weighted by molar-refractivity contribution is 6.10. The lowest BCUT2D eigenvalue weighted by molar-refractivity contribution is 0.0954. The predicted molar refractivity (Wildman–Crippen MR) is 77.7 cm³/mol. The standard InChI is InChI=1S/C16H20N2O/c1-3-18-10-13(16(19)14-5-4-8-17-14)12-7-6-11(2)9-15(12)18/h6-7,9-10,14,17H,3-5,8H2,1-2H3. The molecule has 1 atom stereocenters. The van der Waals surface area contributed by atoms with Gasteiger partial charge in [-0.05, 0) is 44.9 Å². The van der Waals surface area contributed by atoms with Crippen LogP contribution in [0.2, 0.25) is 0 Å². The molecule has 3 rings (SSSR count). The van der Waals surface area contributed by atoms with E-state index in [0.29, 0.717) is 0 Å². The maximum absolute atomic E-state index is 12.6. The first kappa shape index (κ1) is 12.4. The van der Waals surface area contributed by atoms with Gasteiger partial charge in [0.1, 0.15) is 0 Å². The van der Waals surface area contributed by atoms with Gasteiger partial charge in [-0.2, -0.15) is 0 Å². The number of rotatable bonds is 3. The monoisotopic (exact) mass is 256 g/mol. The molecule has 1 N–H and O–H groups in total. The zero-order chi connectivity index (χ0) is 13.4. The van der Waals surface area contributed by atoms with Crippen LogP contribution in [0.3, 0.4) is 0 Å². The van der Waals surface area contributed by atoms with Crippen LogP contribution in [-0.2, 0) is 6.54 Å². The lowest BCUT2D eigenvalue weighted by atomic mass is 10.0. The molecule has 1 aliphatic heterocycles. The van der Waals surface area contributed by atoms with E-state index >= 15 is 0 Å². The Bertz CT molecular complexity index is 621. The number of benzene rings is 1. The Morgan fingerprint density at radius 2 is 2.32 bits per heavy atom. The maximum atomic E-state index is 12.6. The number of fused-ring (bicyclic) bond motifs is 1. The van der Waals surface area contributed by atoms with Crippen LogP contribution < -0.4 is 5.32 Å². The van der Waals surface area contributed by atoms with Crippen molar-refractivity contribution in [2.45, 2.75) is 39.3 Å². The molecule has 3 nitrogen and oxygen atoms in total. The normalized spacial score (nSPS) is 19.2. The minimum atomic E-state index is 0.0113. The van der Waals surface area contributed by atoms with Gasteiger partial charge in [-0.1, -0.05) is 12.1 Å². The molecule has 0 radical (unpaired) electrons. The van der Waals surface area contributed by atoms with Crippen molar-refractivity contribution in [1.82, 2.24) is 9.88 Å². The second kappa shape index (κ2) is 4.82. The fraction of sp³-hybridized carbons (Fsp3) is 0.438. The van der Waals surface area contributed by atoms with Crippen LogP contribution in [0, 0.1) is 6.92 Å². The quantitative estimate of drug-likeness (QED) is 0.857. The Morgan fingerprint density at radius 1 is 1.47 bits per heavy atom. The number of nitrogens with zero attached hydrogens (tertiary/aromatic N) is 1. The molecule has 1 aliphatic rings. The van der Waals surface area contributed by atoms with Crippen molar-refractivity contribution in [3.05, 3.63) is 35.5 Å². The summed E-state index contributed by atoms with van der Waals surface area (Å²) in [6.07, 6.45) is 4.08. The van der Waals surface area contributed by atoms with Crippen LogP contribution in [0.1, 0.15) is 35.7 Å². The van der Waals surface area contributed by atoms with Crippen LogP contribution in [0.15, 0.2) is 24.4 Å². The molecular weight excluding hydrogens is 236 g/mol. The van der Waals surface area contributed by atoms with E-state index in [1.807, 2.05) is 6.20 Å². The number of aryl methyl sites for hydroxylation is 2. The van der Waals surface area contributed by atoms with Crippen LogP contribution in [0.5, 0.6) is 0 Å². The van der Waals surface area contributed by atoms with Gasteiger partial charge < -0.3 is 9.88 Å². The Hall–Kier alpha value is -1.61. The average molecular weight is 256 g/mol. The highest BCUT2D eigenvalue weighted by Crippen LogP contribution is 2.25. The molecule has 1 saturated heterocycles. The SMILES string of the molecule is CCn1cc(C(=O)C2CCCN2)c2ccc(C)cc21. The molecule has 100 valence electrons. The van der Waals surface area contributed by atoms with Crippen molar-refractivity contribution in [1.29, 1.82) is 0 Å². The van der Waals surface area contributed by atoms with Gasteiger partial charge in [-0.3, -0.25) is 4.79 Å². The zero-order valence-corrected chi connectivity index (χ0v) is 11.6. The fourth-order valence-corrected chi connectivity index (χ4v) is 2.96. The van der Waals surface area contributed by atoms with Gasteiger partial charge in [-0.15, -0.1) is 0 Å². The Kier molecular flexibility index (Phi) is 3.15. The molecule has 2 aromatic rings. The Balaban J connectivity index is 2.10. The van der Waals surface area contributed by atoms with Crippen molar-refractivity contribution < 1.29 is 4.79 Å². The van der Waals surface area contributed by atoms with Gasteiger partial charge in [0.05, 0.1) is 6.04 Å². The van der Waals surface area contributed by atoms with Crippen LogP contribution in [-0.4, -0.2) is 22.9 Å². The average Bonchev–Trinajstić information content (AvgIpc) is 3.05. The summed E-state index contributed by atoms with van der Waals surface area (Å²) in [7, 11) is 0. The van der Waals surface area contributed by atoms with E-state index in [4.69, 9.17) is 0 Å². The van der Waals surface area contributed by atoms with E-state index in [9.17, 15) is 4.79 Å². The van der Waals surface area contributed by atoms with Crippen molar-refractivity contribution >= 4 is 16.7 Å². The Morgan fingerprint density at radius 3 is 3.00 bits per heavy atom. The second-order valence-corrected chi connectivity index (χ2v) is 5.36. The number of Topliss-reactive ketones (excluding diaryl/α,β-unsaturated/α-hetero) is 1. The fourth-order valence-electron chi connectivity index (χ4n) is 2.96. The molecule has 0 amide bonds. The lowest BCUT2D eigenvalue weighted by Crippen LogP contribution is -2.30. The summed E-state index contributed by atoms with van der Waals surface area (Å²) in [4.78, 5) is 12.6. The van der Waals surface area contributed by atoms with Gasteiger partial charge in [0.15, 0.2) is 5.78 Å². The van der Waals surface area contributed by atoms with Crippen molar-refractivity contribution in [2.75, 3.05) is 6.54 Å². The first-order valence-electron chi connectivity index (χ1n) is 7.08. The van der Waals surface area contributed by atoms with E-state index in [-0.39, 0.29) is 11.8 Å². The predicted octanol–water partition coefficient (Wildman–Crippen LogP) is 2.90. The molecule has 0 spiro atoms. The summed E-state index contributed by atoms with van der Waals surface area (Å²) in [5.41, 5.74) is 3.28.